The van der Waals surface area contributed by atoms with Crippen LogP contribution < -0.4 is 5.73 Å². The number of benzene rings is 1. The van der Waals surface area contributed by atoms with E-state index in [1.165, 1.54) is 4.90 Å². The van der Waals surface area contributed by atoms with Crippen LogP contribution in [0.3, 0.4) is 0 Å². The van der Waals surface area contributed by atoms with Gasteiger partial charge in [-0.1, -0.05) is 41.9 Å². The van der Waals surface area contributed by atoms with Gasteiger partial charge < -0.3 is 10.5 Å². The fourth-order valence-electron chi connectivity index (χ4n) is 2.47. The van der Waals surface area contributed by atoms with Crippen LogP contribution in [0.5, 0.6) is 0 Å². The Labute approximate surface area is 120 Å². The first kappa shape index (κ1) is 13.1. The Hall–Kier alpha value is -1.85. The van der Waals surface area contributed by atoms with Crippen molar-refractivity contribution in [3.63, 3.8) is 0 Å². The molecule has 2 N–H and O–H groups in total. The summed E-state index contributed by atoms with van der Waals surface area (Å²) in [6, 6.07) is 8.54. The average molecular weight is 293 g/mol. The van der Waals surface area contributed by atoms with Crippen molar-refractivity contribution in [3.05, 3.63) is 46.6 Å². The lowest BCUT2D eigenvalue weighted by molar-refractivity contribution is -0.152. The first-order chi connectivity index (χ1) is 9.59. The van der Waals surface area contributed by atoms with Crippen molar-refractivity contribution in [1.29, 1.82) is 0 Å². The quantitative estimate of drug-likeness (QED) is 0.669. The van der Waals surface area contributed by atoms with E-state index in [1.807, 2.05) is 30.3 Å². The smallest absolute Gasteiger partial charge is 0.356 e. The lowest BCUT2D eigenvalue weighted by atomic mass is 9.97. The van der Waals surface area contributed by atoms with Crippen molar-refractivity contribution < 1.29 is 14.3 Å². The minimum atomic E-state index is -0.582. The molecule has 2 aliphatic rings. The van der Waals surface area contributed by atoms with Gasteiger partial charge in [-0.2, -0.15) is 0 Å². The van der Waals surface area contributed by atoms with Gasteiger partial charge in [-0.25, -0.2) is 4.79 Å². The molecule has 2 aliphatic heterocycles. The minimum Gasteiger partial charge on any atom is -0.456 e. The summed E-state index contributed by atoms with van der Waals surface area (Å²) in [5.74, 6) is -0.862. The molecule has 1 aromatic carbocycles. The molecular formula is C14H13ClN2O3. The Bertz CT molecular complexity index is 600. The van der Waals surface area contributed by atoms with Gasteiger partial charge in [0.1, 0.15) is 18.3 Å². The second kappa shape index (κ2) is 4.92. The topological polar surface area (TPSA) is 72.6 Å². The summed E-state index contributed by atoms with van der Waals surface area (Å²) in [6.45, 7) is 0.145. The maximum absolute atomic E-state index is 12.1. The third kappa shape index (κ3) is 1.99. The molecule has 0 radical (unpaired) electrons. The number of esters is 1. The number of carbonyl (C=O) groups excluding carboxylic acids is 2. The predicted molar refractivity (Wildman–Crippen MR) is 72.3 cm³/mol. The van der Waals surface area contributed by atoms with Gasteiger partial charge in [0.05, 0.1) is 11.1 Å². The highest BCUT2D eigenvalue weighted by atomic mass is 35.5. The number of ether oxygens (including phenoxy) is 1. The number of amides is 1. The molecule has 3 rings (SSSR count). The fraction of sp³-hybridized carbons (Fsp3) is 0.286. The van der Waals surface area contributed by atoms with E-state index in [0.717, 1.165) is 5.56 Å². The summed E-state index contributed by atoms with van der Waals surface area (Å²) in [5.41, 5.74) is 6.68. The number of fused-ring (bicyclic) bond motifs is 1. The molecule has 0 bridgehead atoms. The molecule has 2 heterocycles. The molecule has 0 aliphatic carbocycles. The minimum absolute atomic E-state index is 0.138. The number of rotatable bonds is 3. The molecule has 2 unspecified atom stereocenters. The second-order valence-electron chi connectivity index (χ2n) is 4.82. The normalized spacial score (nSPS) is 24.5. The van der Waals surface area contributed by atoms with Gasteiger partial charge in [-0.3, -0.25) is 9.69 Å². The summed E-state index contributed by atoms with van der Waals surface area (Å²) in [4.78, 5) is 25.1. The van der Waals surface area contributed by atoms with Crippen LogP contribution in [0, 0.1) is 0 Å². The first-order valence-electron chi connectivity index (χ1n) is 6.28. The molecule has 1 aromatic rings. The van der Waals surface area contributed by atoms with Gasteiger partial charge in [0, 0.05) is 6.42 Å². The number of hydrogen-bond donors (Lipinski definition) is 1. The van der Waals surface area contributed by atoms with Gasteiger partial charge >= 0.3 is 5.97 Å². The van der Waals surface area contributed by atoms with Crippen molar-refractivity contribution in [2.24, 2.45) is 5.73 Å². The standard InChI is InChI=1S/C14H13ClN2O3/c15-9-6-10-11(16)13(18)17(10)12(9)14(19)20-7-8-4-2-1-3-5-8/h1-5,10-11H,6-7,16H2. The Morgan fingerprint density at radius 1 is 1.40 bits per heavy atom. The van der Waals surface area contributed by atoms with Crippen LogP contribution in [0.25, 0.3) is 0 Å². The van der Waals surface area contributed by atoms with E-state index >= 15 is 0 Å². The largest absolute Gasteiger partial charge is 0.456 e. The maximum Gasteiger partial charge on any atom is 0.356 e. The number of nitrogens with zero attached hydrogens (tertiary/aromatic N) is 1. The molecule has 2 atom stereocenters. The van der Waals surface area contributed by atoms with Gasteiger partial charge in [0.25, 0.3) is 0 Å². The van der Waals surface area contributed by atoms with Crippen LogP contribution >= 0.6 is 11.6 Å². The van der Waals surface area contributed by atoms with Crippen LogP contribution in [0.1, 0.15) is 12.0 Å². The molecule has 1 fully saturated rings. The van der Waals surface area contributed by atoms with Crippen LogP contribution in [0.4, 0.5) is 0 Å². The predicted octanol–water partition coefficient (Wildman–Crippen LogP) is 1.12. The van der Waals surface area contributed by atoms with Crippen LogP contribution in [-0.2, 0) is 20.9 Å². The molecule has 0 saturated carbocycles. The van der Waals surface area contributed by atoms with Gasteiger partial charge in [0.15, 0.2) is 0 Å². The maximum atomic E-state index is 12.1. The van der Waals surface area contributed by atoms with Gasteiger partial charge in [-0.05, 0) is 5.56 Å². The molecule has 1 amide bonds. The Morgan fingerprint density at radius 2 is 2.10 bits per heavy atom. The molecule has 104 valence electrons. The third-order valence-corrected chi connectivity index (χ3v) is 3.89. The zero-order valence-electron chi connectivity index (χ0n) is 10.6. The monoisotopic (exact) mass is 292 g/mol. The van der Waals surface area contributed by atoms with Crippen molar-refractivity contribution in [2.75, 3.05) is 0 Å². The highest BCUT2D eigenvalue weighted by Gasteiger charge is 2.53. The van der Waals surface area contributed by atoms with Crippen LogP contribution in [0.15, 0.2) is 41.1 Å². The SMILES string of the molecule is NC1C(=O)N2C(C(=O)OCc3ccccc3)=C(Cl)CC12. The number of halogens is 1. The average Bonchev–Trinajstić information content (AvgIpc) is 2.79. The molecule has 0 aromatic heterocycles. The third-order valence-electron chi connectivity index (χ3n) is 3.56. The lowest BCUT2D eigenvalue weighted by Crippen LogP contribution is -2.66. The summed E-state index contributed by atoms with van der Waals surface area (Å²) >= 11 is 6.04. The van der Waals surface area contributed by atoms with E-state index in [-0.39, 0.29) is 24.3 Å². The molecule has 0 spiro atoms. The van der Waals surface area contributed by atoms with Crippen LogP contribution in [-0.4, -0.2) is 28.9 Å². The van der Waals surface area contributed by atoms with E-state index in [4.69, 9.17) is 22.1 Å². The molecule has 20 heavy (non-hydrogen) atoms. The first-order valence-corrected chi connectivity index (χ1v) is 6.65. The summed E-state index contributed by atoms with van der Waals surface area (Å²) < 4.78 is 5.20. The van der Waals surface area contributed by atoms with Gasteiger partial charge in [0.2, 0.25) is 5.91 Å². The highest BCUT2D eigenvalue weighted by Crippen LogP contribution is 2.39. The highest BCUT2D eigenvalue weighted by molar-refractivity contribution is 6.32. The Morgan fingerprint density at radius 3 is 2.80 bits per heavy atom. The summed E-state index contributed by atoms with van der Waals surface area (Å²) in [6.07, 6.45) is 0.421. The van der Waals surface area contributed by atoms with Crippen molar-refractivity contribution in [3.8, 4) is 0 Å². The van der Waals surface area contributed by atoms with Gasteiger partial charge in [-0.15, -0.1) is 0 Å². The number of hydrogen-bond acceptors (Lipinski definition) is 4. The molecular weight excluding hydrogens is 280 g/mol. The van der Waals surface area contributed by atoms with E-state index in [1.54, 1.807) is 0 Å². The molecule has 1 saturated heterocycles. The number of carbonyl (C=O) groups is 2. The number of nitrogens with two attached hydrogens (primary N) is 1. The van der Waals surface area contributed by atoms with Crippen molar-refractivity contribution in [1.82, 2.24) is 4.90 Å². The van der Waals surface area contributed by atoms with E-state index in [0.29, 0.717) is 11.5 Å². The lowest BCUT2D eigenvalue weighted by Gasteiger charge is -2.41. The summed E-state index contributed by atoms with van der Waals surface area (Å²) in [5, 5.41) is 0.342. The Balaban J connectivity index is 1.69. The van der Waals surface area contributed by atoms with Crippen LogP contribution in [0.2, 0.25) is 0 Å². The van der Waals surface area contributed by atoms with Crippen molar-refractivity contribution in [2.45, 2.75) is 25.1 Å². The fourth-order valence-corrected chi connectivity index (χ4v) is 2.80. The molecule has 5 nitrogen and oxygen atoms in total. The zero-order valence-corrected chi connectivity index (χ0v) is 11.3. The van der Waals surface area contributed by atoms with E-state index in [2.05, 4.69) is 0 Å². The number of β-lactam (4-membered cyclic amide) rings is 1. The molecule has 6 heteroatoms. The zero-order chi connectivity index (χ0) is 14.3. The van der Waals surface area contributed by atoms with E-state index < -0.39 is 12.0 Å². The second-order valence-corrected chi connectivity index (χ2v) is 5.28. The summed E-state index contributed by atoms with van der Waals surface area (Å²) in [7, 11) is 0. The van der Waals surface area contributed by atoms with E-state index in [9.17, 15) is 9.59 Å². The van der Waals surface area contributed by atoms with Crippen molar-refractivity contribution >= 4 is 23.5 Å². The Kier molecular flexibility index (Phi) is 3.23.